The van der Waals surface area contributed by atoms with Gasteiger partial charge >= 0.3 is 284 Å². The number of nitrogens with one attached hydrogen (secondary N) is 2. The van der Waals surface area contributed by atoms with Crippen molar-refractivity contribution in [2.75, 3.05) is 90.4 Å². The van der Waals surface area contributed by atoms with E-state index in [-0.39, 0.29) is 348 Å². The van der Waals surface area contributed by atoms with E-state index in [9.17, 15) is 33.6 Å². The maximum Gasteiger partial charge on any atom is 1.00 e. The number of nitrogens with zero attached hydrogens (tertiary/aromatic N) is 7. The Morgan fingerprint density at radius 1 is 0.507 bits per heavy atom. The first-order valence-corrected chi connectivity index (χ1v) is 51.1. The van der Waals surface area contributed by atoms with Gasteiger partial charge in [0, 0.05) is 120 Å². The molecule has 7 heterocycles. The number of amides is 4. The molecule has 40 heteroatoms. The molecule has 0 bridgehead atoms. The summed E-state index contributed by atoms with van der Waals surface area (Å²) in [4.78, 5) is 118. The van der Waals surface area contributed by atoms with E-state index >= 15 is 0 Å². The number of likely N-dealkylation sites (tertiary alicyclic amines) is 4. The van der Waals surface area contributed by atoms with E-state index in [0.29, 0.717) is 58.1 Å². The number of alkyl halides is 2. The Kier molecular flexibility index (Phi) is 74.9. The number of fused-ring (bicyclic) bond motifs is 6. The van der Waals surface area contributed by atoms with Crippen molar-refractivity contribution in [2.24, 2.45) is 17.8 Å². The Morgan fingerprint density at radius 3 is 1.17 bits per heavy atom. The Bertz CT molecular complexity index is 4830. The Labute approximate surface area is 1090 Å². The predicted molar refractivity (Wildman–Crippen MR) is 538 cm³/mol. The summed E-state index contributed by atoms with van der Waals surface area (Å²) in [5, 5.41) is 33.8. The molecule has 0 unspecified atom stereocenters. The zero-order valence-electron chi connectivity index (χ0n) is 86.6. The molecule has 5 aliphatic heterocycles. The smallest absolute Gasteiger partial charge is 1.00 e. The number of esters is 2. The molecule has 4 aliphatic carbocycles. The van der Waals surface area contributed by atoms with E-state index in [2.05, 4.69) is 186 Å². The topological polar surface area (TPSA) is 357 Å². The van der Waals surface area contributed by atoms with Gasteiger partial charge in [-0.25, -0.2) is 19.2 Å². The fourth-order valence-corrected chi connectivity index (χ4v) is 21.0. The van der Waals surface area contributed by atoms with Gasteiger partial charge in [-0.2, -0.15) is 10.2 Å². The second-order valence-electron chi connectivity index (χ2n) is 35.6. The number of ether oxygens (including phenoxy) is 4. The van der Waals surface area contributed by atoms with E-state index in [1.165, 1.54) is 79.8 Å². The molecule has 2 aromatic heterocycles. The SMILES string of the molecule is C.CC1CCN(C(=O)OC(C)(C)C)CC1.CCOC(=O)c1n[nH]c2c1[C@@H]1C[C@@H]1C2.CCOC(=O)c1nn(CC(=O)N2CCC(Sc3ccccc3C)CC2)c2c1[C@@H]1C[C@@H]1C2.Cc1ccccc1S.Cc1ccccc1SC1CCN(C(=O)CCl)CC1.Cc1ccccc1SC1CCN(C(=O)OC(C)(C)C)CC1.Cc1ccccc1SC1CCNCC1.O=C(Cl)CCl.O=CO[O-].O=CO[O-].[Cs+].[Cs+].[H-].[H-].[K+].[K+].[Li+].[OH-]. The van der Waals surface area contributed by atoms with Crippen molar-refractivity contribution >= 4 is 149 Å². The van der Waals surface area contributed by atoms with E-state index < -0.39 is 10.8 Å². The predicted octanol–water partition coefficient (Wildman–Crippen LogP) is 4.20. The number of halogens is 3. The number of aromatic amines is 1. The summed E-state index contributed by atoms with van der Waals surface area (Å²) in [5.74, 6) is 2.70. The van der Waals surface area contributed by atoms with Gasteiger partial charge in [-0.3, -0.25) is 33.8 Å². The van der Waals surface area contributed by atoms with Crippen LogP contribution in [0.25, 0.3) is 0 Å². The summed E-state index contributed by atoms with van der Waals surface area (Å²) in [5.41, 5.74) is 11.2. The summed E-state index contributed by atoms with van der Waals surface area (Å²) in [7, 11) is 0. The van der Waals surface area contributed by atoms with Gasteiger partial charge in [-0.15, -0.1) is 82.9 Å². The molecule has 0 radical (unpaired) electrons. The van der Waals surface area contributed by atoms with Crippen LogP contribution in [0.5, 0.6) is 0 Å². The molecular weight excluding hydrogens is 2230 g/mol. The van der Waals surface area contributed by atoms with Crippen molar-refractivity contribution in [1.82, 2.24) is 44.9 Å². The molecule has 0 spiro atoms. The number of aryl methyl sites for hydroxylation is 5. The van der Waals surface area contributed by atoms with Crippen LogP contribution in [-0.4, -0.2) is 222 Å². The fourth-order valence-electron chi connectivity index (χ4n) is 15.8. The molecule has 7 aromatic rings. The number of hydrogen-bond acceptors (Lipinski definition) is 26. The van der Waals surface area contributed by atoms with Crippen LogP contribution in [0.15, 0.2) is 146 Å². The van der Waals surface area contributed by atoms with E-state index in [0.717, 1.165) is 167 Å². The summed E-state index contributed by atoms with van der Waals surface area (Å²) in [6, 6.07) is 42.2. The number of thiol groups is 1. The summed E-state index contributed by atoms with van der Waals surface area (Å²) >= 11 is 27.2. The van der Waals surface area contributed by atoms with Crippen LogP contribution in [0.3, 0.4) is 0 Å². The number of hydrogen-bond donors (Lipinski definition) is 3. The standard InChI is InChI=1S/C24H29N3O3S.C17H25NO2S.C14H18ClNOS.C12H17NS.C11H21NO2.C10H12N2O2.C7H8S.C2H2Cl2O.2CH2O3.CH4.2Cs.2K.Li.H2O.2H/c1-3-30-24(29)23-22-18-12-16(18)13-19(22)27(25-23)14-21(28)26-10-8-17(9-11-26)31-20-7-5-4-6-15(20)2;1-13-7-5-6-8-15(13)21-14-9-11-18(12-10-14)16(19)20-17(2,3)4;1-11-4-2-3-5-13(11)18-12-6-8-16(9-7-12)14(17)10-15;1-10-4-2-3-5-12(10)14-11-6-8-13-9-7-11;1-9-5-7-12(8-6-9)10(13)14-11(2,3)4;1-2-14-10(13)9-8-6-3-5(6)4-7(8)11-12-9;1-6-4-2-3-5-7(6)8;3-1-2(4)5;2*2-1-4-3;;;;;;;;;/h4-7,16-18H,3,8-14H2,1-2H3;5-8,14H,9-12H2,1-4H3;2-5,12H,6-10H2,1H3;2-5,11,13H,6-9H2,1H3;9H,5-8H2,1-4H3;5-6H,2-4H2,1H3,(H,11,12);2-5,8H,1H3;1H2;2*1,3H;1H4;;;;;;1H2;;/q;;;;;;;;;;;5*+1;;2*-1/p-3/t16-,18-;;;;;5-,6-;;;;;;;;;;;;;/m1....1............./s1. The fraction of sp³-hybridized carbons (Fsp3) is 0.550. The van der Waals surface area contributed by atoms with Gasteiger partial charge in [0.1, 0.15) is 23.6 Å². The summed E-state index contributed by atoms with van der Waals surface area (Å²) in [6.07, 6.45) is 15.0. The van der Waals surface area contributed by atoms with Gasteiger partial charge in [-0.05, 0) is 292 Å². The van der Waals surface area contributed by atoms with E-state index in [1.54, 1.807) is 11.6 Å². The van der Waals surface area contributed by atoms with Crippen LogP contribution in [0.1, 0.15) is 233 Å². The Morgan fingerprint density at radius 2 is 0.836 bits per heavy atom. The molecule has 3 N–H and O–H groups in total. The molecule has 5 saturated heterocycles. The monoisotopic (exact) mass is 2370 g/mol. The van der Waals surface area contributed by atoms with E-state index in [1.807, 2.05) is 135 Å². The van der Waals surface area contributed by atoms with Gasteiger partial charge in [-0.1, -0.05) is 105 Å². The van der Waals surface area contributed by atoms with Crippen LogP contribution in [0.4, 0.5) is 9.59 Å². The minimum atomic E-state index is -0.508. The molecule has 4 atom stereocenters. The summed E-state index contributed by atoms with van der Waals surface area (Å²) in [6.45, 7) is 37.4. The van der Waals surface area contributed by atoms with Gasteiger partial charge in [0.2, 0.25) is 17.1 Å². The average Bonchev–Trinajstić information content (AvgIpc) is 1.54. The second-order valence-corrected chi connectivity index (χ2v) is 42.4. The van der Waals surface area contributed by atoms with Crippen molar-refractivity contribution < 1.29 is 350 Å². The third kappa shape index (κ3) is 50.7. The average molecular weight is 2370 g/mol. The zero-order chi connectivity index (χ0) is 97.3. The molecule has 5 aromatic carbocycles. The van der Waals surface area contributed by atoms with Crippen LogP contribution in [-0.2, 0) is 72.1 Å². The summed E-state index contributed by atoms with van der Waals surface area (Å²) < 4.78 is 22.7. The molecule has 16 rings (SSSR count). The maximum atomic E-state index is 13.0. The number of piperidine rings is 5. The number of benzene rings is 5. The molecular formula is C100H141Cl3Cs2K2LiN9O18S5. The number of carbonyl (C=O) groups is 9. The Balaban J connectivity index is -0.00000158. The molecule has 9 aliphatic rings. The molecule has 2 saturated carbocycles. The first-order chi connectivity index (χ1) is 63.6. The molecule has 27 nitrogen and oxygen atoms in total. The van der Waals surface area contributed by atoms with Gasteiger partial charge in [0.25, 0.3) is 12.9 Å². The second kappa shape index (κ2) is 74.9. The third-order valence-electron chi connectivity index (χ3n) is 23.1. The molecule has 4 amide bonds. The number of H-pyrrole nitrogens is 1. The normalized spacial score (nSPS) is 17.2. The minimum Gasteiger partial charge on any atom is -1.00 e. The number of aromatic nitrogens is 4. The van der Waals surface area contributed by atoms with Crippen LogP contribution < -0.4 is 275 Å². The third-order valence-corrected chi connectivity index (χ3v) is 30.4. The Hall–Kier alpha value is -0.0160. The van der Waals surface area contributed by atoms with Crippen molar-refractivity contribution in [3.05, 3.63) is 183 Å². The van der Waals surface area contributed by atoms with Crippen LogP contribution >= 0.6 is 94.5 Å². The van der Waals surface area contributed by atoms with E-state index in [4.69, 9.17) is 73.9 Å². The number of carbonyl (C=O) groups excluding carboxylic acids is 9. The largest absolute Gasteiger partial charge is 1.00 e. The maximum absolute atomic E-state index is 13.0. The molecule has 140 heavy (non-hydrogen) atoms. The van der Waals surface area contributed by atoms with Crippen molar-refractivity contribution in [3.8, 4) is 0 Å². The number of rotatable bonds is 18. The molecule has 750 valence electrons. The number of thioether (sulfide) groups is 4. The zero-order valence-corrected chi connectivity index (χ0v) is 110. The van der Waals surface area contributed by atoms with Crippen LogP contribution in [0, 0.1) is 52.4 Å². The van der Waals surface area contributed by atoms with Crippen molar-refractivity contribution in [3.63, 3.8) is 0 Å². The minimum absolute atomic E-state index is 0. The van der Waals surface area contributed by atoms with Gasteiger partial charge in [0.15, 0.2) is 11.4 Å². The quantitative estimate of drug-likeness (QED) is 0.0125. The van der Waals surface area contributed by atoms with Crippen molar-refractivity contribution in [2.45, 2.75) is 269 Å². The van der Waals surface area contributed by atoms with Crippen LogP contribution in [0.2, 0.25) is 0 Å². The van der Waals surface area contributed by atoms with Gasteiger partial charge < -0.3 is 72.5 Å². The first-order valence-electron chi connectivity index (χ1n) is 45.7. The molecule has 7 fully saturated rings. The van der Waals surface area contributed by atoms with Gasteiger partial charge in [0.05, 0.1) is 19.1 Å². The first kappa shape index (κ1) is 140. The van der Waals surface area contributed by atoms with Crippen molar-refractivity contribution in [1.29, 1.82) is 0 Å².